The fourth-order valence-electron chi connectivity index (χ4n) is 4.19. The van der Waals surface area contributed by atoms with Gasteiger partial charge in [-0.3, -0.25) is 35.8 Å². The topological polar surface area (TPSA) is 205 Å². The number of anilines is 1. The minimum absolute atomic E-state index is 0.122. The lowest BCUT2D eigenvalue weighted by Crippen LogP contribution is -2.09. The highest BCUT2D eigenvalue weighted by atomic mass is 16.6. The molecule has 5 aromatic rings. The molecule has 15 nitrogen and oxygen atoms in total. The molecule has 0 fully saturated rings. The second-order valence-electron chi connectivity index (χ2n) is 8.64. The van der Waals surface area contributed by atoms with Crippen LogP contribution in [0.4, 0.5) is 22.7 Å². The van der Waals surface area contributed by atoms with Crippen LogP contribution in [-0.4, -0.2) is 40.4 Å². The molecule has 3 aromatic carbocycles. The molecule has 0 amide bonds. The summed E-state index contributed by atoms with van der Waals surface area (Å²) in [6.45, 7) is 1.70. The molecule has 15 heteroatoms. The Balaban J connectivity index is 1.65. The third-order valence-corrected chi connectivity index (χ3v) is 6.12. The number of nitrogens with zero attached hydrogens (tertiary/aromatic N) is 7. The van der Waals surface area contributed by atoms with Gasteiger partial charge >= 0.3 is 5.69 Å². The van der Waals surface area contributed by atoms with Crippen molar-refractivity contribution in [2.75, 3.05) is 5.43 Å². The minimum atomic E-state index is -0.779. The molecule has 41 heavy (non-hydrogen) atoms. The molecule has 0 saturated carbocycles. The third-order valence-electron chi connectivity index (χ3n) is 6.12. The highest BCUT2D eigenvalue weighted by Crippen LogP contribution is 2.31. The first-order valence-electron chi connectivity index (χ1n) is 11.8. The van der Waals surface area contributed by atoms with E-state index in [2.05, 4.69) is 20.6 Å². The summed E-state index contributed by atoms with van der Waals surface area (Å²) in [5.41, 5.74) is 3.10. The lowest BCUT2D eigenvalue weighted by molar-refractivity contribution is -0.393. The largest absolute Gasteiger partial charge is 0.507 e. The Morgan fingerprint density at radius 2 is 1.61 bits per heavy atom. The summed E-state index contributed by atoms with van der Waals surface area (Å²) < 4.78 is 1.36. The smallest absolute Gasteiger partial charge is 0.301 e. The number of hydrogen-bond acceptors (Lipinski definition) is 11. The number of aryl methyl sites for hydroxylation is 1. The number of nitro groups is 3. The van der Waals surface area contributed by atoms with Crippen molar-refractivity contribution in [1.29, 1.82) is 0 Å². The number of phenolic OH excluding ortho intramolecular Hbond substituents is 1. The summed E-state index contributed by atoms with van der Waals surface area (Å²) >= 11 is 0. The van der Waals surface area contributed by atoms with Crippen LogP contribution in [0.2, 0.25) is 0 Å². The first-order valence-corrected chi connectivity index (χ1v) is 11.8. The molecule has 0 spiro atoms. The van der Waals surface area contributed by atoms with Crippen LogP contribution in [0, 0.1) is 37.3 Å². The number of nitrogens with one attached hydrogen (secondary N) is 1. The van der Waals surface area contributed by atoms with Gasteiger partial charge in [-0.2, -0.15) is 10.2 Å². The Morgan fingerprint density at radius 1 is 0.902 bits per heavy atom. The van der Waals surface area contributed by atoms with E-state index in [1.807, 2.05) is 0 Å². The average Bonchev–Trinajstić information content (AvgIpc) is 3.29. The Labute approximate surface area is 229 Å². The second kappa shape index (κ2) is 10.5. The van der Waals surface area contributed by atoms with E-state index in [-0.39, 0.29) is 34.1 Å². The molecule has 2 aromatic heterocycles. The fraction of sp³-hybridized carbons (Fsp3) is 0.0385. The predicted octanol–water partition coefficient (Wildman–Crippen LogP) is 5.02. The molecule has 0 aliphatic rings. The van der Waals surface area contributed by atoms with Crippen LogP contribution in [0.15, 0.2) is 84.1 Å². The molecule has 2 N–H and O–H groups in total. The molecule has 0 bridgehead atoms. The lowest BCUT2D eigenvalue weighted by Gasteiger charge is -2.11. The van der Waals surface area contributed by atoms with E-state index in [1.54, 1.807) is 49.4 Å². The maximum absolute atomic E-state index is 11.6. The van der Waals surface area contributed by atoms with E-state index in [0.717, 1.165) is 18.2 Å². The molecule has 0 aliphatic carbocycles. The fourth-order valence-corrected chi connectivity index (χ4v) is 4.19. The summed E-state index contributed by atoms with van der Waals surface area (Å²) in [7, 11) is 0. The molecule has 0 radical (unpaired) electrons. The molecule has 2 heterocycles. The zero-order valence-corrected chi connectivity index (χ0v) is 21.0. The number of hydrogen-bond donors (Lipinski definition) is 2. The van der Waals surface area contributed by atoms with Gasteiger partial charge in [-0.15, -0.1) is 0 Å². The van der Waals surface area contributed by atoms with Gasteiger partial charge in [-0.1, -0.05) is 24.3 Å². The Morgan fingerprint density at radius 3 is 2.32 bits per heavy atom. The molecule has 204 valence electrons. The normalized spacial score (nSPS) is 11.4. The van der Waals surface area contributed by atoms with Crippen LogP contribution >= 0.6 is 0 Å². The molecule has 0 saturated heterocycles. The van der Waals surface area contributed by atoms with E-state index >= 15 is 0 Å². The number of phenols is 1. The molecular weight excluding hydrogens is 536 g/mol. The van der Waals surface area contributed by atoms with Crippen molar-refractivity contribution in [2.45, 2.75) is 6.92 Å². The van der Waals surface area contributed by atoms with Gasteiger partial charge in [-0.25, -0.2) is 9.67 Å². The molecule has 0 unspecified atom stereocenters. The van der Waals surface area contributed by atoms with E-state index < -0.39 is 26.1 Å². The van der Waals surface area contributed by atoms with Crippen LogP contribution in [0.25, 0.3) is 16.7 Å². The first-order chi connectivity index (χ1) is 19.7. The predicted molar refractivity (Wildman–Crippen MR) is 147 cm³/mol. The van der Waals surface area contributed by atoms with Crippen molar-refractivity contribution in [1.82, 2.24) is 14.8 Å². The Bertz CT molecular complexity index is 1900. The number of rotatable bonds is 8. The maximum Gasteiger partial charge on any atom is 0.301 e. The highest BCUT2D eigenvalue weighted by Gasteiger charge is 2.22. The SMILES string of the molecule is Cc1nn(-c2ccccc2[N+](=O)[O-])c2ncc(/C(=N/Nc3ccc([N+](=O)[O-])cc3[N+](=O)[O-])c3ccccc3O)cc12. The van der Waals surface area contributed by atoms with E-state index in [0.29, 0.717) is 22.3 Å². The van der Waals surface area contributed by atoms with Crippen molar-refractivity contribution in [3.63, 3.8) is 0 Å². The van der Waals surface area contributed by atoms with Crippen molar-refractivity contribution in [3.8, 4) is 11.4 Å². The number of hydrazone groups is 1. The number of aromatic nitrogens is 3. The summed E-state index contributed by atoms with van der Waals surface area (Å²) in [6, 6.07) is 17.1. The van der Waals surface area contributed by atoms with Gasteiger partial charge in [0.1, 0.15) is 22.8 Å². The summed E-state index contributed by atoms with van der Waals surface area (Å²) in [5.74, 6) is -0.140. The summed E-state index contributed by atoms with van der Waals surface area (Å²) in [5, 5.41) is 54.2. The number of pyridine rings is 1. The van der Waals surface area contributed by atoms with Gasteiger partial charge in [0.2, 0.25) is 0 Å². The van der Waals surface area contributed by atoms with Gasteiger partial charge in [-0.05, 0) is 37.3 Å². The Kier molecular flexibility index (Phi) is 6.74. The number of aromatic hydroxyl groups is 1. The molecule has 0 aliphatic heterocycles. The standard InChI is InChI=1S/C26H18N8O7/c1-15-19-12-16(14-27-26(19)31(30-15)21-7-3-4-8-22(21)33(38)39)25(18-6-2-5-9-24(18)35)29-28-20-11-10-17(32(36)37)13-23(20)34(40)41/h2-14,28,35H,1H3/b29-25-. The zero-order chi connectivity index (χ0) is 29.3. The van der Waals surface area contributed by atoms with Gasteiger partial charge in [0, 0.05) is 34.8 Å². The number of benzene rings is 3. The van der Waals surface area contributed by atoms with Crippen LogP contribution in [0.5, 0.6) is 5.75 Å². The van der Waals surface area contributed by atoms with Gasteiger partial charge < -0.3 is 5.11 Å². The number of para-hydroxylation sites is 3. The van der Waals surface area contributed by atoms with Crippen molar-refractivity contribution in [3.05, 3.63) is 126 Å². The zero-order valence-electron chi connectivity index (χ0n) is 21.0. The maximum atomic E-state index is 11.6. The lowest BCUT2D eigenvalue weighted by atomic mass is 10.0. The van der Waals surface area contributed by atoms with Crippen LogP contribution in [-0.2, 0) is 0 Å². The number of fused-ring (bicyclic) bond motifs is 1. The second-order valence-corrected chi connectivity index (χ2v) is 8.64. The van der Waals surface area contributed by atoms with Crippen LogP contribution < -0.4 is 5.43 Å². The molecular formula is C26H18N8O7. The monoisotopic (exact) mass is 554 g/mol. The quantitative estimate of drug-likeness (QED) is 0.149. The number of non-ortho nitro benzene ring substituents is 1. The third kappa shape index (κ3) is 4.97. The van der Waals surface area contributed by atoms with Gasteiger partial charge in [0.05, 0.1) is 26.5 Å². The molecule has 0 atom stereocenters. The minimum Gasteiger partial charge on any atom is -0.507 e. The van der Waals surface area contributed by atoms with Crippen LogP contribution in [0.1, 0.15) is 16.8 Å². The van der Waals surface area contributed by atoms with Crippen molar-refractivity contribution >= 4 is 39.5 Å². The van der Waals surface area contributed by atoms with E-state index in [4.69, 9.17) is 0 Å². The highest BCUT2D eigenvalue weighted by molar-refractivity contribution is 6.15. The average molecular weight is 554 g/mol. The van der Waals surface area contributed by atoms with Gasteiger partial charge in [0.25, 0.3) is 11.4 Å². The van der Waals surface area contributed by atoms with Gasteiger partial charge in [0.15, 0.2) is 5.65 Å². The van der Waals surface area contributed by atoms with Crippen LogP contribution in [0.3, 0.4) is 0 Å². The number of nitro benzene ring substituents is 3. The Hall–Kier alpha value is -6.25. The van der Waals surface area contributed by atoms with Crippen molar-refractivity contribution < 1.29 is 19.9 Å². The van der Waals surface area contributed by atoms with E-state index in [1.165, 1.54) is 23.0 Å². The van der Waals surface area contributed by atoms with Crippen molar-refractivity contribution in [2.24, 2.45) is 5.10 Å². The van der Waals surface area contributed by atoms with E-state index in [9.17, 15) is 35.4 Å². The summed E-state index contributed by atoms with van der Waals surface area (Å²) in [6.07, 6.45) is 1.42. The summed E-state index contributed by atoms with van der Waals surface area (Å²) in [4.78, 5) is 36.7. The molecule has 5 rings (SSSR count). The first kappa shape index (κ1) is 26.4.